The molecule has 3 aliphatic heterocycles. The molecule has 0 radical (unpaired) electrons. The van der Waals surface area contributed by atoms with Crippen LogP contribution in [0, 0.1) is 5.92 Å². The summed E-state index contributed by atoms with van der Waals surface area (Å²) in [4.78, 5) is 15.5. The second-order valence-corrected chi connectivity index (χ2v) is 11.1. The van der Waals surface area contributed by atoms with Gasteiger partial charge in [-0.3, -0.25) is 4.79 Å². The molecule has 5 rings (SSSR count). The summed E-state index contributed by atoms with van der Waals surface area (Å²) in [5.74, 6) is -0.0903. The van der Waals surface area contributed by atoms with E-state index in [1.54, 1.807) is 16.3 Å². The van der Waals surface area contributed by atoms with Crippen LogP contribution < -0.4 is 0 Å². The number of amides is 1. The second kappa shape index (κ2) is 8.63. The first-order valence-corrected chi connectivity index (χ1v) is 13.0. The topological polar surface area (TPSA) is 76.2 Å². The van der Waals surface area contributed by atoms with E-state index in [-0.39, 0.29) is 23.0 Å². The SMILES string of the molecule is O=C(c1sccc1S(=O)(=O)N1CCc2ccccc2C1)N1CCCC(C2OCCO2)C1. The fourth-order valence-electron chi connectivity index (χ4n) is 4.68. The fourth-order valence-corrected chi connectivity index (χ4v) is 7.46. The summed E-state index contributed by atoms with van der Waals surface area (Å²) in [5, 5.41) is 1.70. The molecule has 3 aliphatic rings. The van der Waals surface area contributed by atoms with Crippen LogP contribution in [0.5, 0.6) is 0 Å². The maximum Gasteiger partial charge on any atom is 0.265 e. The van der Waals surface area contributed by atoms with E-state index in [1.807, 2.05) is 24.3 Å². The molecule has 1 aromatic heterocycles. The molecule has 0 aliphatic carbocycles. The molecule has 0 bridgehead atoms. The predicted molar refractivity (Wildman–Crippen MR) is 116 cm³/mol. The van der Waals surface area contributed by atoms with Gasteiger partial charge in [0.05, 0.1) is 13.2 Å². The van der Waals surface area contributed by atoms with Crippen LogP contribution in [-0.4, -0.2) is 62.7 Å². The Morgan fingerprint density at radius 2 is 1.84 bits per heavy atom. The number of likely N-dealkylation sites (tertiary alicyclic amines) is 1. The van der Waals surface area contributed by atoms with E-state index >= 15 is 0 Å². The van der Waals surface area contributed by atoms with Crippen molar-refractivity contribution in [2.24, 2.45) is 5.92 Å². The van der Waals surface area contributed by atoms with Crippen molar-refractivity contribution < 1.29 is 22.7 Å². The van der Waals surface area contributed by atoms with Crippen molar-refractivity contribution in [1.29, 1.82) is 0 Å². The number of ether oxygens (including phenoxy) is 2. The predicted octanol–water partition coefficient (Wildman–Crippen LogP) is 2.72. The second-order valence-electron chi connectivity index (χ2n) is 8.23. The summed E-state index contributed by atoms with van der Waals surface area (Å²) >= 11 is 1.20. The Balaban J connectivity index is 1.36. The molecule has 1 atom stereocenters. The first-order chi connectivity index (χ1) is 15.0. The molecule has 1 aromatic carbocycles. The number of sulfonamides is 1. The number of carbonyl (C=O) groups is 1. The highest BCUT2D eigenvalue weighted by molar-refractivity contribution is 7.89. The maximum absolute atomic E-state index is 13.5. The maximum atomic E-state index is 13.5. The molecule has 1 unspecified atom stereocenters. The van der Waals surface area contributed by atoms with Crippen molar-refractivity contribution in [2.75, 3.05) is 32.8 Å². The molecule has 0 spiro atoms. The fraction of sp³-hybridized carbons (Fsp3) is 0.500. The summed E-state index contributed by atoms with van der Waals surface area (Å²) in [7, 11) is -3.76. The summed E-state index contributed by atoms with van der Waals surface area (Å²) in [6.07, 6.45) is 2.21. The molecule has 31 heavy (non-hydrogen) atoms. The van der Waals surface area contributed by atoms with E-state index in [0.717, 1.165) is 18.4 Å². The van der Waals surface area contributed by atoms with E-state index in [1.165, 1.54) is 21.2 Å². The average molecular weight is 463 g/mol. The molecular formula is C22H26N2O5S2. The van der Waals surface area contributed by atoms with Crippen LogP contribution in [0.4, 0.5) is 0 Å². The Morgan fingerprint density at radius 3 is 2.65 bits per heavy atom. The molecular weight excluding hydrogens is 436 g/mol. The summed E-state index contributed by atoms with van der Waals surface area (Å²) in [6, 6.07) is 9.49. The zero-order chi connectivity index (χ0) is 21.4. The lowest BCUT2D eigenvalue weighted by atomic mass is 9.97. The lowest BCUT2D eigenvalue weighted by Crippen LogP contribution is -2.44. The molecule has 2 aromatic rings. The molecule has 2 fully saturated rings. The molecule has 7 nitrogen and oxygen atoms in total. The normalized spacial score (nSPS) is 23.1. The van der Waals surface area contributed by atoms with E-state index in [9.17, 15) is 13.2 Å². The minimum atomic E-state index is -3.76. The number of nitrogens with zero attached hydrogens (tertiary/aromatic N) is 2. The average Bonchev–Trinajstić information content (AvgIpc) is 3.51. The molecule has 2 saturated heterocycles. The van der Waals surface area contributed by atoms with Gasteiger partial charge in [-0.25, -0.2) is 8.42 Å². The zero-order valence-electron chi connectivity index (χ0n) is 17.2. The van der Waals surface area contributed by atoms with Crippen LogP contribution >= 0.6 is 11.3 Å². The van der Waals surface area contributed by atoms with Crippen LogP contribution in [0.2, 0.25) is 0 Å². The molecule has 166 valence electrons. The number of piperidine rings is 1. The highest BCUT2D eigenvalue weighted by Crippen LogP contribution is 2.32. The van der Waals surface area contributed by atoms with E-state index in [2.05, 4.69) is 0 Å². The van der Waals surface area contributed by atoms with Gasteiger partial charge in [-0.1, -0.05) is 24.3 Å². The summed E-state index contributed by atoms with van der Waals surface area (Å²) in [5.41, 5.74) is 2.21. The van der Waals surface area contributed by atoms with Crippen LogP contribution in [0.1, 0.15) is 33.6 Å². The van der Waals surface area contributed by atoms with Gasteiger partial charge in [0, 0.05) is 32.1 Å². The van der Waals surface area contributed by atoms with Crippen molar-refractivity contribution in [3.05, 3.63) is 51.7 Å². The standard InChI is InChI=1S/C22H26N2O5S2/c25-21(23-9-3-6-18(14-23)22-28-11-12-29-22)20-19(8-13-30-20)31(26,27)24-10-7-16-4-1-2-5-17(16)15-24/h1-2,4-5,8,13,18,22H,3,6-7,9-12,14-15H2. The number of rotatable bonds is 4. The third-order valence-electron chi connectivity index (χ3n) is 6.31. The minimum absolute atomic E-state index is 0.123. The van der Waals surface area contributed by atoms with Gasteiger partial charge in [0.15, 0.2) is 6.29 Å². The Morgan fingerprint density at radius 1 is 1.06 bits per heavy atom. The molecule has 1 amide bonds. The molecule has 4 heterocycles. The van der Waals surface area contributed by atoms with Gasteiger partial charge in [-0.2, -0.15) is 4.31 Å². The number of hydrogen-bond acceptors (Lipinski definition) is 6. The van der Waals surface area contributed by atoms with Gasteiger partial charge in [-0.05, 0) is 41.8 Å². The zero-order valence-corrected chi connectivity index (χ0v) is 18.9. The van der Waals surface area contributed by atoms with Crippen molar-refractivity contribution in [3.63, 3.8) is 0 Å². The van der Waals surface area contributed by atoms with Crippen molar-refractivity contribution in [1.82, 2.24) is 9.21 Å². The van der Waals surface area contributed by atoms with Gasteiger partial charge in [0.2, 0.25) is 10.0 Å². The Kier molecular flexibility index (Phi) is 5.87. The van der Waals surface area contributed by atoms with Crippen LogP contribution in [-0.2, 0) is 32.5 Å². The number of hydrogen-bond donors (Lipinski definition) is 0. The number of thiophene rings is 1. The molecule has 9 heteroatoms. The third kappa shape index (κ3) is 4.05. The largest absolute Gasteiger partial charge is 0.350 e. The first kappa shape index (κ1) is 21.1. The highest BCUT2D eigenvalue weighted by atomic mass is 32.2. The van der Waals surface area contributed by atoms with Gasteiger partial charge < -0.3 is 14.4 Å². The third-order valence-corrected chi connectivity index (χ3v) is 9.23. The van der Waals surface area contributed by atoms with E-state index in [4.69, 9.17) is 9.47 Å². The van der Waals surface area contributed by atoms with Crippen molar-refractivity contribution in [2.45, 2.75) is 37.0 Å². The molecule has 0 N–H and O–H groups in total. The van der Waals surface area contributed by atoms with Gasteiger partial charge in [0.25, 0.3) is 5.91 Å². The monoisotopic (exact) mass is 462 g/mol. The lowest BCUT2D eigenvalue weighted by Gasteiger charge is -2.34. The first-order valence-electron chi connectivity index (χ1n) is 10.7. The van der Waals surface area contributed by atoms with Gasteiger partial charge >= 0.3 is 0 Å². The van der Waals surface area contributed by atoms with Crippen LogP contribution in [0.25, 0.3) is 0 Å². The number of fused-ring (bicyclic) bond motifs is 1. The summed E-state index contributed by atoms with van der Waals surface area (Å²) in [6.45, 7) is 3.08. The lowest BCUT2D eigenvalue weighted by molar-refractivity contribution is -0.0969. The van der Waals surface area contributed by atoms with Crippen molar-refractivity contribution >= 4 is 27.3 Å². The van der Waals surface area contributed by atoms with Gasteiger partial charge in [-0.15, -0.1) is 11.3 Å². The Labute approximate surface area is 186 Å². The Hall–Kier alpha value is -1.78. The van der Waals surface area contributed by atoms with E-state index in [0.29, 0.717) is 50.7 Å². The van der Waals surface area contributed by atoms with E-state index < -0.39 is 10.0 Å². The Bertz CT molecular complexity index is 1060. The smallest absolute Gasteiger partial charge is 0.265 e. The minimum Gasteiger partial charge on any atom is -0.350 e. The highest BCUT2D eigenvalue weighted by Gasteiger charge is 2.37. The molecule has 0 saturated carbocycles. The van der Waals surface area contributed by atoms with Crippen molar-refractivity contribution in [3.8, 4) is 0 Å². The van der Waals surface area contributed by atoms with Crippen LogP contribution in [0.3, 0.4) is 0 Å². The summed E-state index contributed by atoms with van der Waals surface area (Å²) < 4.78 is 39.7. The number of carbonyl (C=O) groups excluding carboxylic acids is 1. The quantitative estimate of drug-likeness (QED) is 0.698. The van der Waals surface area contributed by atoms with Gasteiger partial charge in [0.1, 0.15) is 9.77 Å². The number of benzene rings is 1. The van der Waals surface area contributed by atoms with Crippen LogP contribution in [0.15, 0.2) is 40.6 Å².